The molecule has 1 aromatic carbocycles. The van der Waals surface area contributed by atoms with Crippen molar-refractivity contribution < 1.29 is 9.59 Å². The van der Waals surface area contributed by atoms with Gasteiger partial charge in [0.15, 0.2) is 0 Å². The second kappa shape index (κ2) is 7.64. The molecule has 2 aromatic heterocycles. The van der Waals surface area contributed by atoms with Crippen LogP contribution in [0.3, 0.4) is 0 Å². The summed E-state index contributed by atoms with van der Waals surface area (Å²) in [6.45, 7) is 1.35. The lowest BCUT2D eigenvalue weighted by Gasteiger charge is -2.17. The first-order valence-electron chi connectivity index (χ1n) is 9.20. The second-order valence-electron chi connectivity index (χ2n) is 6.91. The highest BCUT2D eigenvalue weighted by atomic mass is 16.2. The van der Waals surface area contributed by atoms with Gasteiger partial charge in [0.2, 0.25) is 0 Å². The van der Waals surface area contributed by atoms with E-state index in [4.69, 9.17) is 0 Å². The average Bonchev–Trinajstić information content (AvgIpc) is 3.37. The van der Waals surface area contributed by atoms with E-state index < -0.39 is 0 Å². The van der Waals surface area contributed by atoms with Gasteiger partial charge in [-0.2, -0.15) is 0 Å². The van der Waals surface area contributed by atoms with E-state index in [0.29, 0.717) is 29.9 Å². The van der Waals surface area contributed by atoms with Gasteiger partial charge in [-0.1, -0.05) is 6.07 Å². The van der Waals surface area contributed by atoms with Crippen molar-refractivity contribution in [2.75, 3.05) is 18.4 Å². The van der Waals surface area contributed by atoms with Crippen LogP contribution in [0.4, 0.5) is 5.69 Å². The quantitative estimate of drug-likeness (QED) is 0.760. The number of rotatable bonds is 4. The smallest absolute Gasteiger partial charge is 0.257 e. The number of benzene rings is 1. The van der Waals surface area contributed by atoms with Gasteiger partial charge < -0.3 is 14.8 Å². The van der Waals surface area contributed by atoms with Crippen molar-refractivity contribution in [3.05, 3.63) is 78.1 Å². The van der Waals surface area contributed by atoms with Crippen LogP contribution in [0.2, 0.25) is 0 Å². The molecule has 3 heterocycles. The summed E-state index contributed by atoms with van der Waals surface area (Å²) in [5.41, 5.74) is 1.61. The second-order valence-corrected chi connectivity index (χ2v) is 6.91. The summed E-state index contributed by atoms with van der Waals surface area (Å²) in [6, 6.07) is 10.4. The Morgan fingerprint density at radius 1 is 1.14 bits per heavy atom. The van der Waals surface area contributed by atoms with E-state index in [9.17, 15) is 9.59 Å². The van der Waals surface area contributed by atoms with Crippen molar-refractivity contribution >= 4 is 17.5 Å². The summed E-state index contributed by atoms with van der Waals surface area (Å²) in [7, 11) is 1.97. The first-order chi connectivity index (χ1) is 13.6. The highest BCUT2D eigenvalue weighted by Gasteiger charge is 2.30. The van der Waals surface area contributed by atoms with E-state index in [-0.39, 0.29) is 17.7 Å². The van der Waals surface area contributed by atoms with E-state index in [0.717, 1.165) is 12.2 Å². The number of aromatic nitrogens is 3. The van der Waals surface area contributed by atoms with Crippen LogP contribution in [0.5, 0.6) is 0 Å². The third kappa shape index (κ3) is 3.64. The minimum atomic E-state index is -0.256. The topological polar surface area (TPSA) is 80.1 Å². The van der Waals surface area contributed by atoms with Crippen LogP contribution in [-0.4, -0.2) is 44.3 Å². The van der Waals surface area contributed by atoms with Gasteiger partial charge >= 0.3 is 0 Å². The molecule has 1 fully saturated rings. The third-order valence-electron chi connectivity index (χ3n) is 4.99. The largest absolute Gasteiger partial charge is 0.338 e. The van der Waals surface area contributed by atoms with Gasteiger partial charge in [0.05, 0.1) is 5.56 Å². The zero-order chi connectivity index (χ0) is 19.5. The first kappa shape index (κ1) is 17.9. The molecule has 1 saturated heterocycles. The highest BCUT2D eigenvalue weighted by Crippen LogP contribution is 2.27. The molecule has 28 heavy (non-hydrogen) atoms. The Hall–Kier alpha value is -3.48. The number of hydrogen-bond donors (Lipinski definition) is 1. The fraction of sp³-hybridized carbons (Fsp3) is 0.238. The standard InChI is InChI=1S/C21H21N5O2/c1-25-11-9-23-19(25)17-7-10-26(14-17)21(28)15-4-2-6-18(12-15)24-20(27)16-5-3-8-22-13-16/h2-6,8-9,11-13,17H,7,10,14H2,1H3,(H,24,27). The summed E-state index contributed by atoms with van der Waals surface area (Å²) in [5, 5.41) is 2.82. The lowest BCUT2D eigenvalue weighted by atomic mass is 10.1. The molecule has 1 N–H and O–H groups in total. The number of carbonyl (C=O) groups excluding carboxylic acids is 2. The van der Waals surface area contributed by atoms with Crippen molar-refractivity contribution in [3.63, 3.8) is 0 Å². The zero-order valence-corrected chi connectivity index (χ0v) is 15.6. The number of imidazole rings is 1. The normalized spacial score (nSPS) is 16.2. The van der Waals surface area contributed by atoms with Crippen LogP contribution in [-0.2, 0) is 7.05 Å². The number of pyridine rings is 1. The molecule has 3 aromatic rings. The lowest BCUT2D eigenvalue weighted by molar-refractivity contribution is 0.0790. The number of hydrogen-bond acceptors (Lipinski definition) is 4. The molecule has 0 aliphatic carbocycles. The fourth-order valence-electron chi connectivity index (χ4n) is 3.54. The number of amides is 2. The molecule has 1 unspecified atom stereocenters. The van der Waals surface area contributed by atoms with E-state index in [1.807, 2.05) is 22.7 Å². The molecule has 0 saturated carbocycles. The molecular formula is C21H21N5O2. The van der Waals surface area contributed by atoms with Crippen molar-refractivity contribution in [2.24, 2.45) is 7.05 Å². The molecule has 1 atom stereocenters. The van der Waals surface area contributed by atoms with Gasteiger partial charge in [0.25, 0.3) is 11.8 Å². The number of aryl methyl sites for hydroxylation is 1. The molecule has 4 rings (SSSR count). The Labute approximate surface area is 163 Å². The monoisotopic (exact) mass is 375 g/mol. The van der Waals surface area contributed by atoms with Gasteiger partial charge in [-0.15, -0.1) is 0 Å². The van der Waals surface area contributed by atoms with Gasteiger partial charge in [-0.3, -0.25) is 14.6 Å². The molecule has 1 aliphatic rings. The van der Waals surface area contributed by atoms with Crippen LogP contribution < -0.4 is 5.32 Å². The van der Waals surface area contributed by atoms with Crippen molar-refractivity contribution in [1.29, 1.82) is 0 Å². The van der Waals surface area contributed by atoms with Gasteiger partial charge in [-0.25, -0.2) is 4.98 Å². The number of nitrogens with one attached hydrogen (secondary N) is 1. The Balaban J connectivity index is 1.45. The first-order valence-corrected chi connectivity index (χ1v) is 9.20. The van der Waals surface area contributed by atoms with Gasteiger partial charge in [-0.05, 0) is 36.8 Å². The maximum Gasteiger partial charge on any atom is 0.257 e. The van der Waals surface area contributed by atoms with Crippen LogP contribution in [0, 0.1) is 0 Å². The molecule has 0 spiro atoms. The Bertz CT molecular complexity index is 999. The maximum absolute atomic E-state index is 12.9. The van der Waals surface area contributed by atoms with Crippen LogP contribution in [0.15, 0.2) is 61.2 Å². The van der Waals surface area contributed by atoms with Crippen molar-refractivity contribution in [3.8, 4) is 0 Å². The zero-order valence-electron chi connectivity index (χ0n) is 15.6. The lowest BCUT2D eigenvalue weighted by Crippen LogP contribution is -2.28. The number of nitrogens with zero attached hydrogens (tertiary/aromatic N) is 4. The number of likely N-dealkylation sites (tertiary alicyclic amines) is 1. The van der Waals surface area contributed by atoms with E-state index >= 15 is 0 Å². The Kier molecular flexibility index (Phi) is 4.89. The minimum Gasteiger partial charge on any atom is -0.338 e. The number of anilines is 1. The van der Waals surface area contributed by atoms with Crippen molar-refractivity contribution in [2.45, 2.75) is 12.3 Å². The summed E-state index contributed by atoms with van der Waals surface area (Å²) < 4.78 is 2.01. The van der Waals surface area contributed by atoms with E-state index in [1.165, 1.54) is 6.20 Å². The highest BCUT2D eigenvalue weighted by molar-refractivity contribution is 6.05. The predicted molar refractivity (Wildman–Crippen MR) is 105 cm³/mol. The molecular weight excluding hydrogens is 354 g/mol. The Morgan fingerprint density at radius 2 is 2.00 bits per heavy atom. The van der Waals surface area contributed by atoms with Crippen LogP contribution in [0.1, 0.15) is 38.9 Å². The maximum atomic E-state index is 12.9. The molecule has 0 radical (unpaired) electrons. The number of carbonyl (C=O) groups is 2. The summed E-state index contributed by atoms with van der Waals surface area (Å²) in [6.07, 6.45) is 7.73. The molecule has 7 nitrogen and oxygen atoms in total. The van der Waals surface area contributed by atoms with Crippen LogP contribution in [0.25, 0.3) is 0 Å². The summed E-state index contributed by atoms with van der Waals surface area (Å²) in [4.78, 5) is 35.4. The molecule has 7 heteroatoms. The fourth-order valence-corrected chi connectivity index (χ4v) is 3.54. The average molecular weight is 375 g/mol. The summed E-state index contributed by atoms with van der Waals surface area (Å²) in [5.74, 6) is 0.966. The Morgan fingerprint density at radius 3 is 2.75 bits per heavy atom. The summed E-state index contributed by atoms with van der Waals surface area (Å²) >= 11 is 0. The van der Waals surface area contributed by atoms with Crippen molar-refractivity contribution in [1.82, 2.24) is 19.4 Å². The minimum absolute atomic E-state index is 0.0332. The van der Waals surface area contributed by atoms with E-state index in [2.05, 4.69) is 15.3 Å². The van der Waals surface area contributed by atoms with E-state index in [1.54, 1.807) is 48.8 Å². The van der Waals surface area contributed by atoms with Crippen LogP contribution >= 0.6 is 0 Å². The van der Waals surface area contributed by atoms with Gasteiger partial charge in [0.1, 0.15) is 5.82 Å². The molecule has 2 amide bonds. The SMILES string of the molecule is Cn1ccnc1C1CCN(C(=O)c2cccc(NC(=O)c3cccnc3)c2)C1. The molecule has 1 aliphatic heterocycles. The predicted octanol–water partition coefficient (Wildman–Crippen LogP) is 2.70. The molecule has 0 bridgehead atoms. The van der Waals surface area contributed by atoms with Gasteiger partial charge in [0, 0.05) is 62.1 Å². The third-order valence-corrected chi connectivity index (χ3v) is 4.99. The molecule has 142 valence electrons.